The molecule has 0 heterocycles. The van der Waals surface area contributed by atoms with Crippen LogP contribution in [0, 0.1) is 11.3 Å². The molecule has 0 aliphatic carbocycles. The average Bonchev–Trinajstić information content (AvgIpc) is 2.30. The van der Waals surface area contributed by atoms with E-state index in [-0.39, 0.29) is 6.04 Å². The predicted octanol–water partition coefficient (Wildman–Crippen LogP) is 3.54. The van der Waals surface area contributed by atoms with Crippen LogP contribution in [0.15, 0.2) is 22.7 Å². The third kappa shape index (κ3) is 4.76. The minimum absolute atomic E-state index is 0.0541. The van der Waals surface area contributed by atoms with E-state index in [4.69, 9.17) is 15.7 Å². The van der Waals surface area contributed by atoms with Gasteiger partial charge in [-0.25, -0.2) is 0 Å². The molecule has 0 amide bonds. The Hall–Kier alpha value is -1.05. The maximum atomic E-state index is 8.42. The fraction of sp³-hybridized carbons (Fsp3) is 0.462. The highest BCUT2D eigenvalue weighted by molar-refractivity contribution is 9.10. The van der Waals surface area contributed by atoms with Gasteiger partial charge in [0.15, 0.2) is 0 Å². The van der Waals surface area contributed by atoms with Gasteiger partial charge in [-0.1, -0.05) is 15.9 Å². The van der Waals surface area contributed by atoms with Crippen LogP contribution in [0.5, 0.6) is 5.75 Å². The van der Waals surface area contributed by atoms with E-state index in [2.05, 4.69) is 22.0 Å². The van der Waals surface area contributed by atoms with Gasteiger partial charge in [0.1, 0.15) is 5.75 Å². The Morgan fingerprint density at radius 3 is 2.88 bits per heavy atom. The molecule has 17 heavy (non-hydrogen) atoms. The van der Waals surface area contributed by atoms with Crippen LogP contribution in [0.4, 0.5) is 0 Å². The van der Waals surface area contributed by atoms with Crippen molar-refractivity contribution in [1.82, 2.24) is 0 Å². The van der Waals surface area contributed by atoms with Gasteiger partial charge in [0, 0.05) is 22.5 Å². The summed E-state index contributed by atoms with van der Waals surface area (Å²) in [6.45, 7) is 2.56. The Bertz CT molecular complexity index is 399. The molecule has 92 valence electrons. The topological polar surface area (TPSA) is 59.0 Å². The van der Waals surface area contributed by atoms with E-state index >= 15 is 0 Å². The van der Waals surface area contributed by atoms with Crippen molar-refractivity contribution >= 4 is 15.9 Å². The first-order valence-corrected chi connectivity index (χ1v) is 6.49. The fourth-order valence-electron chi connectivity index (χ4n) is 1.49. The lowest BCUT2D eigenvalue weighted by molar-refractivity contribution is 0.303. The quantitative estimate of drug-likeness (QED) is 0.817. The van der Waals surface area contributed by atoms with Crippen molar-refractivity contribution in [2.45, 2.75) is 32.2 Å². The second-order valence-electron chi connectivity index (χ2n) is 3.93. The molecule has 1 atom stereocenters. The lowest BCUT2D eigenvalue weighted by Gasteiger charge is -2.14. The molecule has 2 N–H and O–H groups in total. The van der Waals surface area contributed by atoms with Crippen molar-refractivity contribution < 1.29 is 4.74 Å². The van der Waals surface area contributed by atoms with Crippen molar-refractivity contribution in [2.75, 3.05) is 6.61 Å². The van der Waals surface area contributed by atoms with Gasteiger partial charge in [-0.05, 0) is 38.0 Å². The summed E-state index contributed by atoms with van der Waals surface area (Å²) in [6.07, 6.45) is 2.35. The molecule has 3 nitrogen and oxygen atoms in total. The smallest absolute Gasteiger partial charge is 0.124 e. The van der Waals surface area contributed by atoms with Gasteiger partial charge in [0.05, 0.1) is 12.7 Å². The van der Waals surface area contributed by atoms with Crippen molar-refractivity contribution in [2.24, 2.45) is 5.73 Å². The van der Waals surface area contributed by atoms with E-state index in [0.717, 1.165) is 28.6 Å². The summed E-state index contributed by atoms with van der Waals surface area (Å²) in [5.41, 5.74) is 6.89. The minimum Gasteiger partial charge on any atom is -0.493 e. The van der Waals surface area contributed by atoms with Gasteiger partial charge >= 0.3 is 0 Å². The van der Waals surface area contributed by atoms with Crippen LogP contribution in [0.2, 0.25) is 0 Å². The number of nitriles is 1. The fourth-order valence-corrected chi connectivity index (χ4v) is 1.87. The maximum absolute atomic E-state index is 8.42. The largest absolute Gasteiger partial charge is 0.493 e. The van der Waals surface area contributed by atoms with Gasteiger partial charge in [-0.15, -0.1) is 0 Å². The van der Waals surface area contributed by atoms with Gasteiger partial charge in [-0.3, -0.25) is 0 Å². The van der Waals surface area contributed by atoms with Gasteiger partial charge in [0.2, 0.25) is 0 Å². The van der Waals surface area contributed by atoms with Crippen molar-refractivity contribution in [3.63, 3.8) is 0 Å². The Morgan fingerprint density at radius 1 is 1.47 bits per heavy atom. The SMILES string of the molecule is CC(N)c1cc(Br)ccc1OCCCCC#N. The molecule has 0 saturated heterocycles. The molecule has 1 aromatic carbocycles. The Morgan fingerprint density at radius 2 is 2.24 bits per heavy atom. The first kappa shape index (κ1) is 14.0. The first-order chi connectivity index (χ1) is 8.15. The van der Waals surface area contributed by atoms with Crippen molar-refractivity contribution in [3.8, 4) is 11.8 Å². The summed E-state index contributed by atoms with van der Waals surface area (Å²) < 4.78 is 6.69. The molecule has 0 aliphatic rings. The molecule has 0 radical (unpaired) electrons. The average molecular weight is 297 g/mol. The molecule has 0 spiro atoms. The molecule has 1 aromatic rings. The molecule has 1 rings (SSSR count). The Balaban J connectivity index is 2.55. The van der Waals surface area contributed by atoms with Gasteiger partial charge in [-0.2, -0.15) is 5.26 Å². The van der Waals surface area contributed by atoms with Crippen LogP contribution in [0.25, 0.3) is 0 Å². The number of nitrogens with zero attached hydrogens (tertiary/aromatic N) is 1. The number of hydrogen-bond acceptors (Lipinski definition) is 3. The van der Waals surface area contributed by atoms with Crippen LogP contribution < -0.4 is 10.5 Å². The zero-order chi connectivity index (χ0) is 12.7. The second-order valence-corrected chi connectivity index (χ2v) is 4.85. The van der Waals surface area contributed by atoms with E-state index < -0.39 is 0 Å². The summed E-state index contributed by atoms with van der Waals surface area (Å²) in [4.78, 5) is 0. The summed E-state index contributed by atoms with van der Waals surface area (Å²) in [7, 11) is 0. The molecule has 4 heteroatoms. The number of unbranched alkanes of at least 4 members (excludes halogenated alkanes) is 2. The molecule has 1 unspecified atom stereocenters. The van der Waals surface area contributed by atoms with Gasteiger partial charge < -0.3 is 10.5 Å². The number of hydrogen-bond donors (Lipinski definition) is 1. The van der Waals surface area contributed by atoms with Crippen molar-refractivity contribution in [1.29, 1.82) is 5.26 Å². The first-order valence-electron chi connectivity index (χ1n) is 5.70. The Labute approximate surface area is 111 Å². The van der Waals surface area contributed by atoms with E-state index in [9.17, 15) is 0 Å². The van der Waals surface area contributed by atoms with Crippen molar-refractivity contribution in [3.05, 3.63) is 28.2 Å². The molecule has 0 aliphatic heterocycles. The number of ether oxygens (including phenoxy) is 1. The predicted molar refractivity (Wildman–Crippen MR) is 71.7 cm³/mol. The van der Waals surface area contributed by atoms with E-state index in [0.29, 0.717) is 13.0 Å². The Kier molecular flexibility index (Phi) is 6.03. The number of benzene rings is 1. The number of rotatable bonds is 6. The molecule has 0 aromatic heterocycles. The van der Waals surface area contributed by atoms with Crippen LogP contribution in [-0.4, -0.2) is 6.61 Å². The highest BCUT2D eigenvalue weighted by atomic mass is 79.9. The monoisotopic (exact) mass is 296 g/mol. The zero-order valence-electron chi connectivity index (χ0n) is 9.95. The number of halogens is 1. The second kappa shape index (κ2) is 7.31. The van der Waals surface area contributed by atoms with E-state index in [1.54, 1.807) is 0 Å². The van der Waals surface area contributed by atoms with Gasteiger partial charge in [0.25, 0.3) is 0 Å². The zero-order valence-corrected chi connectivity index (χ0v) is 11.5. The number of nitrogens with two attached hydrogens (primary N) is 1. The van der Waals surface area contributed by atoms with Crippen LogP contribution in [0.1, 0.15) is 37.8 Å². The summed E-state index contributed by atoms with van der Waals surface area (Å²) in [6, 6.07) is 7.91. The van der Waals surface area contributed by atoms with Crippen LogP contribution in [-0.2, 0) is 0 Å². The molecule has 0 saturated carbocycles. The van der Waals surface area contributed by atoms with E-state index in [1.165, 1.54) is 0 Å². The maximum Gasteiger partial charge on any atom is 0.124 e. The third-order valence-electron chi connectivity index (χ3n) is 2.40. The molecular formula is C13H17BrN2O. The normalized spacial score (nSPS) is 11.9. The molecular weight excluding hydrogens is 280 g/mol. The highest BCUT2D eigenvalue weighted by Crippen LogP contribution is 2.27. The highest BCUT2D eigenvalue weighted by Gasteiger charge is 2.08. The lowest BCUT2D eigenvalue weighted by Crippen LogP contribution is -2.08. The standard InChI is InChI=1S/C13H17BrN2O/c1-10(16)12-9-11(14)5-6-13(12)17-8-4-2-3-7-15/h5-6,9-10H,2-4,8,16H2,1H3. The van der Waals surface area contributed by atoms with E-state index in [1.807, 2.05) is 25.1 Å². The van der Waals surface area contributed by atoms with Crippen LogP contribution in [0.3, 0.4) is 0 Å². The summed E-state index contributed by atoms with van der Waals surface area (Å²) in [5, 5.41) is 8.42. The third-order valence-corrected chi connectivity index (χ3v) is 2.90. The minimum atomic E-state index is -0.0541. The summed E-state index contributed by atoms with van der Waals surface area (Å²) in [5.74, 6) is 0.833. The van der Waals surface area contributed by atoms with Crippen LogP contribution >= 0.6 is 15.9 Å². The summed E-state index contributed by atoms with van der Waals surface area (Å²) >= 11 is 3.42. The molecule has 0 fully saturated rings. The lowest BCUT2D eigenvalue weighted by atomic mass is 10.1. The molecule has 0 bridgehead atoms.